The fourth-order valence-corrected chi connectivity index (χ4v) is 2.38. The average molecular weight is 286 g/mol. The highest BCUT2D eigenvalue weighted by Crippen LogP contribution is 2.23. The second-order valence-electron chi connectivity index (χ2n) is 8.32. The molecule has 2 rings (SSSR count). The third-order valence-corrected chi connectivity index (χ3v) is 3.76. The molecule has 1 N–H and O–H groups in total. The summed E-state index contributed by atoms with van der Waals surface area (Å²) in [4.78, 5) is 0. The van der Waals surface area contributed by atoms with Gasteiger partial charge < -0.3 is 9.88 Å². The molecule has 1 heterocycles. The van der Waals surface area contributed by atoms with Crippen LogP contribution in [0.5, 0.6) is 0 Å². The third-order valence-electron chi connectivity index (χ3n) is 3.76. The standard InChI is InChI=1S/C19H30N2/c1-18(2,3)10-12-21-11-9-16-13-15(7-8-17(16)21)14-20-19(4,5)6/h7-9,11,13,20H,10,12,14H2,1-6H3. The van der Waals surface area contributed by atoms with Gasteiger partial charge in [-0.05, 0) is 61.8 Å². The zero-order chi connectivity index (χ0) is 15.7. The highest BCUT2D eigenvalue weighted by Gasteiger charge is 2.12. The Kier molecular flexibility index (Phi) is 4.48. The van der Waals surface area contributed by atoms with Gasteiger partial charge in [0.1, 0.15) is 0 Å². The minimum Gasteiger partial charge on any atom is -0.347 e. The maximum absolute atomic E-state index is 3.55. The molecule has 0 saturated carbocycles. The van der Waals surface area contributed by atoms with Crippen LogP contribution in [0.4, 0.5) is 0 Å². The molecule has 0 saturated heterocycles. The minimum absolute atomic E-state index is 0.160. The Morgan fingerprint density at radius 2 is 1.71 bits per heavy atom. The lowest BCUT2D eigenvalue weighted by atomic mass is 9.92. The molecule has 0 spiro atoms. The number of hydrogen-bond acceptors (Lipinski definition) is 1. The van der Waals surface area contributed by atoms with Crippen LogP contribution in [0.15, 0.2) is 30.5 Å². The van der Waals surface area contributed by atoms with Gasteiger partial charge in [-0.3, -0.25) is 0 Å². The van der Waals surface area contributed by atoms with E-state index in [0.29, 0.717) is 5.41 Å². The fraction of sp³-hybridized carbons (Fsp3) is 0.579. The summed E-state index contributed by atoms with van der Waals surface area (Å²) < 4.78 is 2.38. The molecule has 2 heteroatoms. The molecule has 0 aliphatic rings. The average Bonchev–Trinajstić information content (AvgIpc) is 2.74. The predicted octanol–water partition coefficient (Wildman–Crippen LogP) is 4.97. The number of nitrogens with one attached hydrogen (secondary N) is 1. The molecule has 0 amide bonds. The van der Waals surface area contributed by atoms with Crippen LogP contribution in [-0.4, -0.2) is 10.1 Å². The van der Waals surface area contributed by atoms with Crippen LogP contribution < -0.4 is 5.32 Å². The van der Waals surface area contributed by atoms with Crippen LogP contribution in [0.2, 0.25) is 0 Å². The Balaban J connectivity index is 2.11. The second kappa shape index (κ2) is 5.84. The molecule has 2 nitrogen and oxygen atoms in total. The summed E-state index contributed by atoms with van der Waals surface area (Å²) >= 11 is 0. The number of fused-ring (bicyclic) bond motifs is 1. The highest BCUT2D eigenvalue weighted by atomic mass is 15.0. The topological polar surface area (TPSA) is 17.0 Å². The van der Waals surface area contributed by atoms with E-state index >= 15 is 0 Å². The van der Waals surface area contributed by atoms with Crippen LogP contribution >= 0.6 is 0 Å². The molecule has 0 aliphatic carbocycles. The quantitative estimate of drug-likeness (QED) is 0.840. The van der Waals surface area contributed by atoms with Crippen LogP contribution in [0, 0.1) is 5.41 Å². The van der Waals surface area contributed by atoms with Gasteiger partial charge in [-0.2, -0.15) is 0 Å². The Hall–Kier alpha value is -1.28. The molecule has 116 valence electrons. The molecule has 0 unspecified atom stereocenters. The first-order chi connectivity index (χ1) is 9.64. The van der Waals surface area contributed by atoms with Crippen LogP contribution in [0.25, 0.3) is 10.9 Å². The van der Waals surface area contributed by atoms with E-state index < -0.39 is 0 Å². The van der Waals surface area contributed by atoms with Crippen LogP contribution in [0.3, 0.4) is 0 Å². The van der Waals surface area contributed by atoms with Crippen LogP contribution in [0.1, 0.15) is 53.5 Å². The van der Waals surface area contributed by atoms with E-state index in [4.69, 9.17) is 0 Å². The fourth-order valence-electron chi connectivity index (χ4n) is 2.38. The van der Waals surface area contributed by atoms with Crippen molar-refractivity contribution < 1.29 is 0 Å². The van der Waals surface area contributed by atoms with E-state index in [1.165, 1.54) is 22.9 Å². The summed E-state index contributed by atoms with van der Waals surface area (Å²) in [7, 11) is 0. The van der Waals surface area contributed by atoms with Crippen molar-refractivity contribution >= 4 is 10.9 Å². The Morgan fingerprint density at radius 3 is 2.33 bits per heavy atom. The summed E-state index contributed by atoms with van der Waals surface area (Å²) in [5, 5.41) is 4.89. The summed E-state index contributed by atoms with van der Waals surface area (Å²) in [6.45, 7) is 15.5. The molecule has 0 bridgehead atoms. The number of rotatable bonds is 4. The molecular formula is C19H30N2. The van der Waals surface area contributed by atoms with Gasteiger partial charge in [0, 0.05) is 30.3 Å². The largest absolute Gasteiger partial charge is 0.347 e. The zero-order valence-electron chi connectivity index (χ0n) is 14.5. The number of aryl methyl sites for hydroxylation is 1. The SMILES string of the molecule is CC(C)(C)CCn1ccc2cc(CNC(C)(C)C)ccc21. The predicted molar refractivity (Wildman–Crippen MR) is 92.6 cm³/mol. The zero-order valence-corrected chi connectivity index (χ0v) is 14.5. The maximum Gasteiger partial charge on any atom is 0.0480 e. The number of hydrogen-bond donors (Lipinski definition) is 1. The third kappa shape index (κ3) is 4.89. The summed E-state index contributed by atoms with van der Waals surface area (Å²) in [5.74, 6) is 0. The second-order valence-corrected chi connectivity index (χ2v) is 8.32. The summed E-state index contributed by atoms with van der Waals surface area (Å²) in [6, 6.07) is 9.05. The normalized spacial score (nSPS) is 13.0. The number of benzene rings is 1. The molecule has 1 aromatic carbocycles. The first-order valence-electron chi connectivity index (χ1n) is 7.97. The lowest BCUT2D eigenvalue weighted by Gasteiger charge is -2.20. The van der Waals surface area contributed by atoms with Crippen molar-refractivity contribution in [2.45, 2.75) is 66.6 Å². The van der Waals surface area contributed by atoms with E-state index in [9.17, 15) is 0 Å². The maximum atomic E-state index is 3.55. The Labute approximate surface area is 129 Å². The summed E-state index contributed by atoms with van der Waals surface area (Å²) in [5.41, 5.74) is 3.24. The molecule has 1 aromatic heterocycles. The van der Waals surface area contributed by atoms with Crippen molar-refractivity contribution in [3.05, 3.63) is 36.0 Å². The minimum atomic E-state index is 0.160. The van der Waals surface area contributed by atoms with Gasteiger partial charge >= 0.3 is 0 Å². The van der Waals surface area contributed by atoms with Crippen molar-refractivity contribution in [1.82, 2.24) is 9.88 Å². The van der Waals surface area contributed by atoms with Gasteiger partial charge in [0.05, 0.1) is 0 Å². The first kappa shape index (κ1) is 16.1. The van der Waals surface area contributed by atoms with Gasteiger partial charge in [-0.25, -0.2) is 0 Å². The Bertz CT molecular complexity index is 594. The molecule has 21 heavy (non-hydrogen) atoms. The van der Waals surface area contributed by atoms with Gasteiger partial charge in [0.15, 0.2) is 0 Å². The van der Waals surface area contributed by atoms with Gasteiger partial charge in [0.2, 0.25) is 0 Å². The molecule has 0 atom stereocenters. The summed E-state index contributed by atoms with van der Waals surface area (Å²) in [6.07, 6.45) is 3.42. The van der Waals surface area contributed by atoms with Crippen molar-refractivity contribution in [2.75, 3.05) is 0 Å². The van der Waals surface area contributed by atoms with Gasteiger partial charge in [0.25, 0.3) is 0 Å². The van der Waals surface area contributed by atoms with Crippen LogP contribution in [-0.2, 0) is 13.1 Å². The first-order valence-corrected chi connectivity index (χ1v) is 7.97. The monoisotopic (exact) mass is 286 g/mol. The number of nitrogens with zero attached hydrogens (tertiary/aromatic N) is 1. The lowest BCUT2D eigenvalue weighted by Crippen LogP contribution is -2.35. The molecule has 2 aromatic rings. The van der Waals surface area contributed by atoms with Crippen molar-refractivity contribution in [3.8, 4) is 0 Å². The lowest BCUT2D eigenvalue weighted by molar-refractivity contribution is 0.353. The molecule has 0 fully saturated rings. The molecule has 0 aliphatic heterocycles. The van der Waals surface area contributed by atoms with Gasteiger partial charge in [-0.1, -0.05) is 26.8 Å². The van der Waals surface area contributed by atoms with Gasteiger partial charge in [-0.15, -0.1) is 0 Å². The molecular weight excluding hydrogens is 256 g/mol. The van der Waals surface area contributed by atoms with Crippen molar-refractivity contribution in [2.24, 2.45) is 5.41 Å². The van der Waals surface area contributed by atoms with Crippen molar-refractivity contribution in [1.29, 1.82) is 0 Å². The van der Waals surface area contributed by atoms with E-state index in [1.54, 1.807) is 0 Å². The van der Waals surface area contributed by atoms with E-state index in [1.807, 2.05) is 0 Å². The smallest absolute Gasteiger partial charge is 0.0480 e. The van der Waals surface area contributed by atoms with E-state index in [0.717, 1.165) is 13.1 Å². The van der Waals surface area contributed by atoms with Crippen molar-refractivity contribution in [3.63, 3.8) is 0 Å². The Morgan fingerprint density at radius 1 is 1.00 bits per heavy atom. The van der Waals surface area contributed by atoms with E-state index in [-0.39, 0.29) is 5.54 Å². The van der Waals surface area contributed by atoms with E-state index in [2.05, 4.69) is 81.9 Å². The number of aromatic nitrogens is 1. The molecule has 0 radical (unpaired) electrons. The highest BCUT2D eigenvalue weighted by molar-refractivity contribution is 5.80.